The second kappa shape index (κ2) is 4.48. The molecule has 0 bridgehead atoms. The Balaban J connectivity index is 2.18. The van der Waals surface area contributed by atoms with E-state index in [0.29, 0.717) is 5.82 Å². The fourth-order valence-corrected chi connectivity index (χ4v) is 1.59. The van der Waals surface area contributed by atoms with E-state index in [0.717, 1.165) is 11.4 Å². The van der Waals surface area contributed by atoms with E-state index >= 15 is 0 Å². The molecule has 0 radical (unpaired) electrons. The highest BCUT2D eigenvalue weighted by Crippen LogP contribution is 2.18. The van der Waals surface area contributed by atoms with Gasteiger partial charge in [0.25, 0.3) is 0 Å². The summed E-state index contributed by atoms with van der Waals surface area (Å²) >= 11 is 2.28. The summed E-state index contributed by atoms with van der Waals surface area (Å²) in [6.45, 7) is 0. The molecule has 76 valence electrons. The fourth-order valence-electron chi connectivity index (χ4n) is 1.23. The maximum atomic E-state index is 5.58. The van der Waals surface area contributed by atoms with Crippen LogP contribution in [-0.4, -0.2) is 4.98 Å². The zero-order valence-electron chi connectivity index (χ0n) is 7.94. The minimum absolute atomic E-state index is 0.519. The van der Waals surface area contributed by atoms with Crippen molar-refractivity contribution >= 4 is 39.8 Å². The van der Waals surface area contributed by atoms with Crippen LogP contribution in [0.25, 0.3) is 0 Å². The maximum absolute atomic E-state index is 5.58. The van der Waals surface area contributed by atoms with Crippen molar-refractivity contribution in [3.8, 4) is 0 Å². The molecule has 0 unspecified atom stereocenters. The number of nitrogens with two attached hydrogens (primary N) is 1. The van der Waals surface area contributed by atoms with Crippen LogP contribution in [0, 0.1) is 3.57 Å². The number of benzene rings is 1. The highest BCUT2D eigenvalue weighted by molar-refractivity contribution is 14.1. The van der Waals surface area contributed by atoms with E-state index in [9.17, 15) is 0 Å². The molecule has 1 aromatic heterocycles. The molecule has 0 fully saturated rings. The summed E-state index contributed by atoms with van der Waals surface area (Å²) in [5, 5.41) is 3.25. The minimum Gasteiger partial charge on any atom is -0.384 e. The Labute approximate surface area is 102 Å². The van der Waals surface area contributed by atoms with E-state index < -0.39 is 0 Å². The van der Waals surface area contributed by atoms with Crippen molar-refractivity contribution < 1.29 is 0 Å². The van der Waals surface area contributed by atoms with Crippen molar-refractivity contribution in [1.29, 1.82) is 0 Å². The molecule has 0 saturated heterocycles. The summed E-state index contributed by atoms with van der Waals surface area (Å²) in [6.07, 6.45) is 1.68. The standard InChI is InChI=1S/C11H10IN3/c12-8-1-3-9(4-2-8)15-10-5-6-14-11(13)7-10/h1-7H,(H3,13,14,15). The van der Waals surface area contributed by atoms with Crippen LogP contribution in [0.5, 0.6) is 0 Å². The number of halogens is 1. The molecular weight excluding hydrogens is 301 g/mol. The molecule has 2 rings (SSSR count). The quantitative estimate of drug-likeness (QED) is 0.838. The van der Waals surface area contributed by atoms with E-state index in [1.807, 2.05) is 30.3 Å². The van der Waals surface area contributed by atoms with E-state index in [1.54, 1.807) is 12.3 Å². The summed E-state index contributed by atoms with van der Waals surface area (Å²) in [4.78, 5) is 3.93. The van der Waals surface area contributed by atoms with Gasteiger partial charge in [-0.25, -0.2) is 4.98 Å². The lowest BCUT2D eigenvalue weighted by Gasteiger charge is -2.06. The van der Waals surface area contributed by atoms with Crippen molar-refractivity contribution in [2.24, 2.45) is 0 Å². The van der Waals surface area contributed by atoms with Crippen molar-refractivity contribution in [3.63, 3.8) is 0 Å². The van der Waals surface area contributed by atoms with Crippen LogP contribution in [0.1, 0.15) is 0 Å². The number of hydrogen-bond donors (Lipinski definition) is 2. The first-order chi connectivity index (χ1) is 7.24. The Bertz CT molecular complexity index is 454. The van der Waals surface area contributed by atoms with Crippen molar-refractivity contribution in [2.45, 2.75) is 0 Å². The van der Waals surface area contributed by atoms with Gasteiger partial charge in [-0.3, -0.25) is 0 Å². The van der Waals surface area contributed by atoms with Gasteiger partial charge in [0.05, 0.1) is 0 Å². The van der Waals surface area contributed by atoms with E-state index in [4.69, 9.17) is 5.73 Å². The third kappa shape index (κ3) is 2.82. The van der Waals surface area contributed by atoms with Crippen LogP contribution in [-0.2, 0) is 0 Å². The van der Waals surface area contributed by atoms with Crippen molar-refractivity contribution in [1.82, 2.24) is 4.98 Å². The number of nitrogens with zero attached hydrogens (tertiary/aromatic N) is 1. The Morgan fingerprint density at radius 3 is 2.47 bits per heavy atom. The first-order valence-corrected chi connectivity index (χ1v) is 5.56. The molecular formula is C11H10IN3. The van der Waals surface area contributed by atoms with Crippen LogP contribution in [0.15, 0.2) is 42.6 Å². The Morgan fingerprint density at radius 2 is 1.80 bits per heavy atom. The summed E-state index contributed by atoms with van der Waals surface area (Å²) in [5.41, 5.74) is 7.57. The molecule has 1 aromatic carbocycles. The van der Waals surface area contributed by atoms with Gasteiger partial charge in [0.15, 0.2) is 0 Å². The molecule has 0 aliphatic rings. The zero-order valence-corrected chi connectivity index (χ0v) is 10.1. The van der Waals surface area contributed by atoms with Crippen LogP contribution < -0.4 is 11.1 Å². The highest BCUT2D eigenvalue weighted by atomic mass is 127. The predicted octanol–water partition coefficient (Wildman–Crippen LogP) is 3.01. The second-order valence-electron chi connectivity index (χ2n) is 3.10. The second-order valence-corrected chi connectivity index (χ2v) is 4.35. The van der Waals surface area contributed by atoms with Gasteiger partial charge in [-0.05, 0) is 52.9 Å². The monoisotopic (exact) mass is 311 g/mol. The largest absolute Gasteiger partial charge is 0.384 e. The lowest BCUT2D eigenvalue weighted by atomic mass is 10.3. The lowest BCUT2D eigenvalue weighted by molar-refractivity contribution is 1.33. The number of anilines is 3. The molecule has 0 amide bonds. The number of aromatic nitrogens is 1. The Morgan fingerprint density at radius 1 is 1.07 bits per heavy atom. The molecule has 3 nitrogen and oxygen atoms in total. The average molecular weight is 311 g/mol. The lowest BCUT2D eigenvalue weighted by Crippen LogP contribution is -1.94. The van der Waals surface area contributed by atoms with Gasteiger partial charge in [0.1, 0.15) is 5.82 Å². The summed E-state index contributed by atoms with van der Waals surface area (Å²) in [7, 11) is 0. The first-order valence-electron chi connectivity index (χ1n) is 4.48. The van der Waals surface area contributed by atoms with Crippen LogP contribution >= 0.6 is 22.6 Å². The highest BCUT2D eigenvalue weighted by Gasteiger charge is 1.95. The molecule has 15 heavy (non-hydrogen) atoms. The van der Waals surface area contributed by atoms with Gasteiger partial charge >= 0.3 is 0 Å². The van der Waals surface area contributed by atoms with Gasteiger partial charge in [-0.2, -0.15) is 0 Å². The number of nitrogens with one attached hydrogen (secondary N) is 1. The fraction of sp³-hybridized carbons (Fsp3) is 0. The zero-order chi connectivity index (χ0) is 10.7. The van der Waals surface area contributed by atoms with Gasteiger partial charge in [-0.1, -0.05) is 0 Å². The molecule has 2 aromatic rings. The van der Waals surface area contributed by atoms with Crippen LogP contribution in [0.2, 0.25) is 0 Å². The first kappa shape index (κ1) is 10.2. The maximum Gasteiger partial charge on any atom is 0.125 e. The molecule has 1 heterocycles. The average Bonchev–Trinajstić information content (AvgIpc) is 2.22. The van der Waals surface area contributed by atoms with Crippen LogP contribution in [0.3, 0.4) is 0 Å². The topological polar surface area (TPSA) is 50.9 Å². The smallest absolute Gasteiger partial charge is 0.125 e. The number of pyridine rings is 1. The molecule has 0 aliphatic heterocycles. The van der Waals surface area contributed by atoms with Crippen molar-refractivity contribution in [2.75, 3.05) is 11.1 Å². The molecule has 0 spiro atoms. The number of hydrogen-bond acceptors (Lipinski definition) is 3. The van der Waals surface area contributed by atoms with Gasteiger partial charge in [0, 0.05) is 27.2 Å². The van der Waals surface area contributed by atoms with E-state index in [-0.39, 0.29) is 0 Å². The van der Waals surface area contributed by atoms with Gasteiger partial charge in [-0.15, -0.1) is 0 Å². The Kier molecular flexibility index (Phi) is 3.05. The van der Waals surface area contributed by atoms with E-state index in [2.05, 4.69) is 32.9 Å². The summed E-state index contributed by atoms with van der Waals surface area (Å²) < 4.78 is 1.22. The third-order valence-electron chi connectivity index (χ3n) is 1.91. The normalized spacial score (nSPS) is 9.93. The number of rotatable bonds is 2. The molecule has 0 atom stereocenters. The van der Waals surface area contributed by atoms with E-state index in [1.165, 1.54) is 3.57 Å². The number of nitrogen functional groups attached to an aromatic ring is 1. The summed E-state index contributed by atoms with van der Waals surface area (Å²) in [6, 6.07) is 11.8. The van der Waals surface area contributed by atoms with Gasteiger partial charge < -0.3 is 11.1 Å². The Hall–Kier alpha value is -1.30. The molecule has 0 saturated carbocycles. The molecule has 4 heteroatoms. The predicted molar refractivity (Wildman–Crippen MR) is 71.1 cm³/mol. The summed E-state index contributed by atoms with van der Waals surface area (Å²) in [5.74, 6) is 0.519. The molecule has 3 N–H and O–H groups in total. The van der Waals surface area contributed by atoms with Crippen molar-refractivity contribution in [3.05, 3.63) is 46.2 Å². The minimum atomic E-state index is 0.519. The third-order valence-corrected chi connectivity index (χ3v) is 2.63. The SMILES string of the molecule is Nc1cc(Nc2ccc(I)cc2)ccn1. The molecule has 0 aliphatic carbocycles. The van der Waals surface area contributed by atoms with Gasteiger partial charge in [0.2, 0.25) is 0 Å². The van der Waals surface area contributed by atoms with Crippen LogP contribution in [0.4, 0.5) is 17.2 Å².